The van der Waals surface area contributed by atoms with Gasteiger partial charge in [0.15, 0.2) is 0 Å². The summed E-state index contributed by atoms with van der Waals surface area (Å²) in [6.45, 7) is 2.20. The van der Waals surface area contributed by atoms with Crippen LogP contribution in [0.3, 0.4) is 0 Å². The van der Waals surface area contributed by atoms with Crippen LogP contribution in [0, 0.1) is 6.92 Å². The molecule has 0 amide bonds. The van der Waals surface area contributed by atoms with E-state index in [9.17, 15) is 0 Å². The molecule has 0 aliphatic heterocycles. The van der Waals surface area contributed by atoms with Crippen LogP contribution in [-0.2, 0) is 6.42 Å². The predicted octanol–water partition coefficient (Wildman–Crippen LogP) is 3.07. The maximum atomic E-state index is 2.85. The second-order valence-corrected chi connectivity index (χ2v) is 4.78. The third-order valence-electron chi connectivity index (χ3n) is 3.21. The average molecular weight is 212 g/mol. The zero-order chi connectivity index (χ0) is 10.4. The van der Waals surface area contributed by atoms with Crippen molar-refractivity contribution in [2.75, 3.05) is 0 Å². The van der Waals surface area contributed by atoms with Crippen LogP contribution in [0.2, 0.25) is 0 Å². The molecule has 0 aromatic heterocycles. The minimum absolute atomic E-state index is 1.09. The van der Waals surface area contributed by atoms with Gasteiger partial charge in [0.25, 0.3) is 0 Å². The van der Waals surface area contributed by atoms with Gasteiger partial charge in [0.2, 0.25) is 0 Å². The Kier molecular flexibility index (Phi) is 1.94. The van der Waals surface area contributed by atoms with Crippen LogP contribution in [0.15, 0.2) is 36.4 Å². The third-order valence-corrected chi connectivity index (χ3v) is 3.75. The number of fused-ring (bicyclic) bond motifs is 3. The molecule has 0 saturated heterocycles. The molecule has 15 heavy (non-hydrogen) atoms. The van der Waals surface area contributed by atoms with Crippen molar-refractivity contribution in [1.29, 1.82) is 0 Å². The summed E-state index contributed by atoms with van der Waals surface area (Å²) in [6.07, 6.45) is 1.09. The maximum absolute atomic E-state index is 2.85. The number of benzene rings is 2. The van der Waals surface area contributed by atoms with E-state index in [0.717, 1.165) is 6.42 Å². The molecule has 3 rings (SSSR count). The number of hydrogen-bond donors (Lipinski definition) is 0. The molecular formula is C14H13P. The van der Waals surface area contributed by atoms with E-state index in [-0.39, 0.29) is 0 Å². The highest BCUT2D eigenvalue weighted by molar-refractivity contribution is 7.27. The summed E-state index contributed by atoms with van der Waals surface area (Å²) in [6, 6.07) is 13.1. The van der Waals surface area contributed by atoms with E-state index in [1.54, 1.807) is 0 Å². The van der Waals surface area contributed by atoms with Gasteiger partial charge in [-0.05, 0) is 46.5 Å². The molecule has 1 aliphatic carbocycles. The zero-order valence-electron chi connectivity index (χ0n) is 8.75. The van der Waals surface area contributed by atoms with Gasteiger partial charge < -0.3 is 0 Å². The van der Waals surface area contributed by atoms with Crippen molar-refractivity contribution in [3.8, 4) is 11.1 Å². The minimum atomic E-state index is 1.09. The molecule has 0 bridgehead atoms. The lowest BCUT2D eigenvalue weighted by atomic mass is 10.0. The quantitative estimate of drug-likeness (QED) is 0.502. The van der Waals surface area contributed by atoms with Crippen molar-refractivity contribution < 1.29 is 0 Å². The summed E-state index contributed by atoms with van der Waals surface area (Å²) in [7, 11) is 2.85. The Labute approximate surface area is 92.5 Å². The summed E-state index contributed by atoms with van der Waals surface area (Å²) in [5, 5.41) is 1.34. The molecule has 74 valence electrons. The smallest absolute Gasteiger partial charge is 0.000720 e. The van der Waals surface area contributed by atoms with Gasteiger partial charge in [-0.3, -0.25) is 0 Å². The average Bonchev–Trinajstić information content (AvgIpc) is 2.64. The normalized spacial score (nSPS) is 12.4. The second kappa shape index (κ2) is 3.18. The van der Waals surface area contributed by atoms with E-state index in [0.29, 0.717) is 0 Å². The monoisotopic (exact) mass is 212 g/mol. The van der Waals surface area contributed by atoms with Gasteiger partial charge in [0.05, 0.1) is 0 Å². The summed E-state index contributed by atoms with van der Waals surface area (Å²) in [5.41, 5.74) is 7.22. The first-order valence-electron chi connectivity index (χ1n) is 5.23. The van der Waals surface area contributed by atoms with Crippen LogP contribution in [0.5, 0.6) is 0 Å². The van der Waals surface area contributed by atoms with Gasteiger partial charge >= 0.3 is 0 Å². The molecule has 1 unspecified atom stereocenters. The van der Waals surface area contributed by atoms with Gasteiger partial charge in [-0.15, -0.1) is 9.24 Å². The van der Waals surface area contributed by atoms with Gasteiger partial charge in [0.1, 0.15) is 0 Å². The Morgan fingerprint density at radius 2 is 1.87 bits per heavy atom. The molecule has 0 saturated carbocycles. The first-order valence-corrected chi connectivity index (χ1v) is 5.81. The van der Waals surface area contributed by atoms with Crippen LogP contribution in [0.4, 0.5) is 0 Å². The summed E-state index contributed by atoms with van der Waals surface area (Å²) >= 11 is 0. The molecule has 1 heteroatoms. The molecule has 1 aliphatic rings. The van der Waals surface area contributed by atoms with Crippen molar-refractivity contribution in [3.63, 3.8) is 0 Å². The van der Waals surface area contributed by atoms with Gasteiger partial charge in [-0.2, -0.15) is 0 Å². The lowest BCUT2D eigenvalue weighted by molar-refractivity contribution is 1.27. The lowest BCUT2D eigenvalue weighted by Crippen LogP contribution is -2.00. The van der Waals surface area contributed by atoms with Crippen molar-refractivity contribution in [3.05, 3.63) is 53.1 Å². The van der Waals surface area contributed by atoms with Gasteiger partial charge in [0, 0.05) is 0 Å². The molecule has 0 nitrogen and oxygen atoms in total. The Hall–Kier alpha value is -1.13. The molecule has 0 spiro atoms. The molecule has 0 fully saturated rings. The highest BCUT2D eigenvalue weighted by Crippen LogP contribution is 2.38. The summed E-state index contributed by atoms with van der Waals surface area (Å²) in [4.78, 5) is 0. The maximum Gasteiger partial charge on any atom is -0.000720 e. The van der Waals surface area contributed by atoms with E-state index in [1.165, 1.54) is 33.1 Å². The highest BCUT2D eigenvalue weighted by atomic mass is 31.0. The van der Waals surface area contributed by atoms with Gasteiger partial charge in [-0.25, -0.2) is 0 Å². The lowest BCUT2D eigenvalue weighted by Gasteiger charge is -2.07. The SMILES string of the molecule is Cc1ccc(P)c2c1-c1ccccc1C2. The predicted molar refractivity (Wildman–Crippen MR) is 68.8 cm³/mol. The Morgan fingerprint density at radius 3 is 2.73 bits per heavy atom. The van der Waals surface area contributed by atoms with Crippen LogP contribution in [0.1, 0.15) is 16.7 Å². The fraction of sp³-hybridized carbons (Fsp3) is 0.143. The van der Waals surface area contributed by atoms with E-state index >= 15 is 0 Å². The van der Waals surface area contributed by atoms with Crippen LogP contribution < -0.4 is 5.30 Å². The Balaban J connectivity index is 2.37. The number of aryl methyl sites for hydroxylation is 1. The van der Waals surface area contributed by atoms with Crippen LogP contribution >= 0.6 is 9.24 Å². The Morgan fingerprint density at radius 1 is 1.07 bits per heavy atom. The standard InChI is InChI=1S/C14H13P/c1-9-6-7-13(15)12-8-10-4-2-3-5-11(10)14(9)12/h2-7H,8,15H2,1H3. The topological polar surface area (TPSA) is 0 Å². The molecule has 0 radical (unpaired) electrons. The van der Waals surface area contributed by atoms with E-state index in [4.69, 9.17) is 0 Å². The van der Waals surface area contributed by atoms with E-state index in [1.807, 2.05) is 0 Å². The molecule has 0 N–H and O–H groups in total. The summed E-state index contributed by atoms with van der Waals surface area (Å²) in [5.74, 6) is 0. The molecule has 2 aromatic carbocycles. The highest BCUT2D eigenvalue weighted by Gasteiger charge is 2.20. The van der Waals surface area contributed by atoms with E-state index < -0.39 is 0 Å². The number of rotatable bonds is 0. The largest absolute Gasteiger partial charge is 0.105 e. The van der Waals surface area contributed by atoms with Crippen molar-refractivity contribution in [1.82, 2.24) is 0 Å². The molecule has 2 aromatic rings. The second-order valence-electron chi connectivity index (χ2n) is 4.16. The van der Waals surface area contributed by atoms with Crippen molar-refractivity contribution in [2.45, 2.75) is 13.3 Å². The fourth-order valence-electron chi connectivity index (χ4n) is 2.46. The molecule has 0 heterocycles. The number of hydrogen-bond acceptors (Lipinski definition) is 0. The fourth-order valence-corrected chi connectivity index (χ4v) is 2.80. The molecule has 1 atom stereocenters. The third kappa shape index (κ3) is 1.25. The zero-order valence-corrected chi connectivity index (χ0v) is 9.90. The van der Waals surface area contributed by atoms with Crippen LogP contribution in [0.25, 0.3) is 11.1 Å². The molecular weight excluding hydrogens is 199 g/mol. The minimum Gasteiger partial charge on any atom is -0.105 e. The van der Waals surface area contributed by atoms with Gasteiger partial charge in [-0.1, -0.05) is 36.4 Å². The van der Waals surface area contributed by atoms with Crippen molar-refractivity contribution >= 4 is 14.5 Å². The van der Waals surface area contributed by atoms with Crippen molar-refractivity contribution in [2.24, 2.45) is 0 Å². The van der Waals surface area contributed by atoms with Crippen LogP contribution in [-0.4, -0.2) is 0 Å². The summed E-state index contributed by atoms with van der Waals surface area (Å²) < 4.78 is 0. The first-order chi connectivity index (χ1) is 7.27. The van der Waals surface area contributed by atoms with E-state index in [2.05, 4.69) is 52.6 Å². The Bertz CT molecular complexity index is 541. The first kappa shape index (κ1) is 9.12.